The minimum Gasteiger partial charge on any atom is -0.452 e. The van der Waals surface area contributed by atoms with Crippen molar-refractivity contribution in [1.29, 1.82) is 0 Å². The Hall–Kier alpha value is -1.68. The molecule has 1 aliphatic rings. The molecule has 1 saturated heterocycles. The van der Waals surface area contributed by atoms with E-state index in [-0.39, 0.29) is 23.8 Å². The lowest BCUT2D eigenvalue weighted by Crippen LogP contribution is -2.49. The average Bonchev–Trinajstić information content (AvgIpc) is 3.24. The number of morpholine rings is 1. The van der Waals surface area contributed by atoms with Crippen molar-refractivity contribution in [2.45, 2.75) is 24.2 Å². The molecule has 9 heteroatoms. The number of aryl methyl sites for hydroxylation is 1. The number of furan rings is 1. The molecule has 2 aromatic rings. The number of aromatic nitrogens is 2. The lowest BCUT2D eigenvalue weighted by atomic mass is 10.0. The van der Waals surface area contributed by atoms with E-state index in [1.807, 2.05) is 13.2 Å². The van der Waals surface area contributed by atoms with E-state index >= 15 is 0 Å². The molecule has 0 aliphatic carbocycles. The van der Waals surface area contributed by atoms with Crippen molar-refractivity contribution in [1.82, 2.24) is 19.4 Å². The van der Waals surface area contributed by atoms with Crippen LogP contribution in [0.25, 0.3) is 0 Å². The number of likely N-dealkylation sites (N-methyl/N-ethyl adjacent to an activating group) is 1. The van der Waals surface area contributed by atoms with Crippen LogP contribution in [0.4, 0.5) is 0 Å². The van der Waals surface area contributed by atoms with Gasteiger partial charge in [-0.1, -0.05) is 6.92 Å². The molecule has 2 aromatic heterocycles. The number of rotatable bonds is 6. The molecule has 24 heavy (non-hydrogen) atoms. The molecule has 0 saturated carbocycles. The predicted octanol–water partition coefficient (Wildman–Crippen LogP) is 0.753. The Balaban J connectivity index is 1.77. The molecule has 1 aliphatic heterocycles. The highest BCUT2D eigenvalue weighted by molar-refractivity contribution is 7.89. The molecule has 2 atom stereocenters. The molecule has 1 fully saturated rings. The minimum absolute atomic E-state index is 0.0447. The second kappa shape index (κ2) is 7.06. The Morgan fingerprint density at radius 2 is 2.29 bits per heavy atom. The van der Waals surface area contributed by atoms with E-state index in [0.29, 0.717) is 6.61 Å². The SMILES string of the molecule is CCN1CCO[C@@H](CNS(=O)(=O)c2ccco2)[C@@H]1c1cnn(C)c1. The largest absolute Gasteiger partial charge is 0.452 e. The van der Waals surface area contributed by atoms with Crippen molar-refractivity contribution in [2.75, 3.05) is 26.2 Å². The van der Waals surface area contributed by atoms with Crippen LogP contribution in [0.5, 0.6) is 0 Å². The van der Waals surface area contributed by atoms with Crippen LogP contribution in [0.3, 0.4) is 0 Å². The van der Waals surface area contributed by atoms with Crippen LogP contribution in [0.2, 0.25) is 0 Å². The summed E-state index contributed by atoms with van der Waals surface area (Å²) in [6.07, 6.45) is 4.78. The fraction of sp³-hybridized carbons (Fsp3) is 0.533. The van der Waals surface area contributed by atoms with Crippen LogP contribution in [0.15, 0.2) is 40.3 Å². The van der Waals surface area contributed by atoms with Gasteiger partial charge in [-0.3, -0.25) is 9.58 Å². The van der Waals surface area contributed by atoms with E-state index in [2.05, 4.69) is 21.6 Å². The van der Waals surface area contributed by atoms with Gasteiger partial charge in [-0.05, 0) is 18.7 Å². The van der Waals surface area contributed by atoms with Gasteiger partial charge in [-0.25, -0.2) is 13.1 Å². The van der Waals surface area contributed by atoms with Gasteiger partial charge in [0, 0.05) is 31.9 Å². The first-order valence-corrected chi connectivity index (χ1v) is 9.37. The average molecular weight is 354 g/mol. The number of hydrogen-bond donors (Lipinski definition) is 1. The molecule has 0 aromatic carbocycles. The lowest BCUT2D eigenvalue weighted by molar-refractivity contribution is -0.0673. The molecule has 0 amide bonds. The maximum atomic E-state index is 12.2. The molecule has 0 spiro atoms. The van der Waals surface area contributed by atoms with Crippen LogP contribution in [-0.4, -0.2) is 55.4 Å². The predicted molar refractivity (Wildman–Crippen MR) is 86.8 cm³/mol. The van der Waals surface area contributed by atoms with Crippen molar-refractivity contribution in [3.8, 4) is 0 Å². The van der Waals surface area contributed by atoms with Gasteiger partial charge in [0.2, 0.25) is 5.09 Å². The van der Waals surface area contributed by atoms with E-state index in [0.717, 1.165) is 18.7 Å². The number of nitrogens with one attached hydrogen (secondary N) is 1. The lowest BCUT2D eigenvalue weighted by Gasteiger charge is -2.40. The highest BCUT2D eigenvalue weighted by Gasteiger charge is 2.34. The van der Waals surface area contributed by atoms with Crippen LogP contribution < -0.4 is 4.72 Å². The first kappa shape index (κ1) is 17.2. The van der Waals surface area contributed by atoms with E-state index in [4.69, 9.17) is 9.15 Å². The van der Waals surface area contributed by atoms with Crippen LogP contribution in [0.1, 0.15) is 18.5 Å². The van der Waals surface area contributed by atoms with Crippen LogP contribution in [-0.2, 0) is 21.8 Å². The summed E-state index contributed by atoms with van der Waals surface area (Å²) < 4.78 is 39.7. The number of hydrogen-bond acceptors (Lipinski definition) is 6. The first-order valence-electron chi connectivity index (χ1n) is 7.88. The summed E-state index contributed by atoms with van der Waals surface area (Å²) in [6, 6.07) is 2.92. The molecular weight excluding hydrogens is 332 g/mol. The monoisotopic (exact) mass is 354 g/mol. The summed E-state index contributed by atoms with van der Waals surface area (Å²) in [5.74, 6) is 0. The Kier molecular flexibility index (Phi) is 5.04. The van der Waals surface area contributed by atoms with Gasteiger partial charge >= 0.3 is 0 Å². The summed E-state index contributed by atoms with van der Waals surface area (Å²) in [6.45, 7) is 4.47. The summed E-state index contributed by atoms with van der Waals surface area (Å²) in [7, 11) is -1.82. The third-order valence-corrected chi connectivity index (χ3v) is 5.47. The first-order chi connectivity index (χ1) is 11.5. The van der Waals surface area contributed by atoms with Crippen molar-refractivity contribution in [2.24, 2.45) is 7.05 Å². The fourth-order valence-electron chi connectivity index (χ4n) is 3.01. The van der Waals surface area contributed by atoms with Crippen LogP contribution in [0, 0.1) is 0 Å². The normalized spacial score (nSPS) is 22.8. The van der Waals surface area contributed by atoms with Crippen molar-refractivity contribution >= 4 is 10.0 Å². The molecule has 1 N–H and O–H groups in total. The van der Waals surface area contributed by atoms with Gasteiger partial charge in [0.15, 0.2) is 0 Å². The second-order valence-electron chi connectivity index (χ2n) is 5.71. The Bertz CT molecular complexity index is 756. The number of nitrogens with zero attached hydrogens (tertiary/aromatic N) is 3. The molecule has 3 rings (SSSR count). The van der Waals surface area contributed by atoms with Crippen molar-refractivity contribution < 1.29 is 17.6 Å². The van der Waals surface area contributed by atoms with Gasteiger partial charge in [-0.15, -0.1) is 0 Å². The third-order valence-electron chi connectivity index (χ3n) is 4.16. The van der Waals surface area contributed by atoms with Gasteiger partial charge in [0.05, 0.1) is 31.2 Å². The zero-order valence-corrected chi connectivity index (χ0v) is 14.6. The van der Waals surface area contributed by atoms with Crippen LogP contribution >= 0.6 is 0 Å². The Morgan fingerprint density at radius 3 is 2.92 bits per heavy atom. The minimum atomic E-state index is -3.68. The molecule has 8 nitrogen and oxygen atoms in total. The maximum Gasteiger partial charge on any atom is 0.274 e. The molecular formula is C15H22N4O4S. The summed E-state index contributed by atoms with van der Waals surface area (Å²) in [5, 5.41) is 4.13. The summed E-state index contributed by atoms with van der Waals surface area (Å²) in [4.78, 5) is 2.27. The standard InChI is InChI=1S/C15H22N4O4S/c1-3-19-6-8-22-13(15(19)12-9-16-18(2)11-12)10-17-24(20,21)14-5-4-7-23-14/h4-5,7,9,11,13,15,17H,3,6,8,10H2,1-2H3/t13-,15-/m0/s1. The highest BCUT2D eigenvalue weighted by atomic mass is 32.2. The maximum absolute atomic E-state index is 12.2. The molecule has 132 valence electrons. The van der Waals surface area contributed by atoms with Gasteiger partial charge < -0.3 is 9.15 Å². The van der Waals surface area contributed by atoms with E-state index in [1.54, 1.807) is 16.9 Å². The fourth-order valence-corrected chi connectivity index (χ4v) is 3.98. The zero-order chi connectivity index (χ0) is 17.2. The topological polar surface area (TPSA) is 89.6 Å². The summed E-state index contributed by atoms with van der Waals surface area (Å²) in [5.41, 5.74) is 1.02. The van der Waals surface area contributed by atoms with E-state index < -0.39 is 10.0 Å². The molecule has 0 radical (unpaired) electrons. The zero-order valence-electron chi connectivity index (χ0n) is 13.8. The van der Waals surface area contributed by atoms with Crippen molar-refractivity contribution in [3.63, 3.8) is 0 Å². The second-order valence-corrected chi connectivity index (χ2v) is 7.41. The van der Waals surface area contributed by atoms with Gasteiger partial charge in [0.1, 0.15) is 0 Å². The summed E-state index contributed by atoms with van der Waals surface area (Å²) >= 11 is 0. The highest BCUT2D eigenvalue weighted by Crippen LogP contribution is 2.29. The number of ether oxygens (including phenoxy) is 1. The Labute approximate surface area is 141 Å². The number of sulfonamides is 1. The Morgan fingerprint density at radius 1 is 1.46 bits per heavy atom. The molecule has 0 bridgehead atoms. The van der Waals surface area contributed by atoms with Gasteiger partial charge in [0.25, 0.3) is 10.0 Å². The van der Waals surface area contributed by atoms with Gasteiger partial charge in [-0.2, -0.15) is 5.10 Å². The quantitative estimate of drug-likeness (QED) is 0.823. The third kappa shape index (κ3) is 3.54. The molecule has 0 unspecified atom stereocenters. The van der Waals surface area contributed by atoms with E-state index in [1.165, 1.54) is 12.3 Å². The van der Waals surface area contributed by atoms with E-state index in [9.17, 15) is 8.42 Å². The smallest absolute Gasteiger partial charge is 0.274 e. The van der Waals surface area contributed by atoms with Crippen molar-refractivity contribution in [3.05, 3.63) is 36.4 Å². The molecule has 3 heterocycles.